The van der Waals surface area contributed by atoms with Crippen molar-refractivity contribution in [1.29, 1.82) is 0 Å². The van der Waals surface area contributed by atoms with Gasteiger partial charge in [0.1, 0.15) is 5.75 Å². The van der Waals surface area contributed by atoms with E-state index in [1.807, 2.05) is 60.9 Å². The van der Waals surface area contributed by atoms with Crippen molar-refractivity contribution in [3.8, 4) is 5.75 Å². The lowest BCUT2D eigenvalue weighted by molar-refractivity contribution is -0.113. The number of aryl methyl sites for hydroxylation is 1. The van der Waals surface area contributed by atoms with Crippen molar-refractivity contribution in [3.63, 3.8) is 0 Å². The molecule has 3 aromatic rings. The van der Waals surface area contributed by atoms with Gasteiger partial charge in [0.15, 0.2) is 17.1 Å². The summed E-state index contributed by atoms with van der Waals surface area (Å²) in [6, 6.07) is 13.4. The van der Waals surface area contributed by atoms with E-state index in [9.17, 15) is 4.79 Å². The Hall–Kier alpha value is -2.77. The molecule has 1 unspecified atom stereocenters. The standard InChI is InChI=1S/C25H29ClN4O2S/c1-6-13-30-24(18(5)32-21-11-12-22(26)17(4)14-21)28-29-25(30)33-15-23(31)27-20-9-7-19(8-10-20)16(2)3/h6-12,14,16,18H,1,13,15H2,2-5H3,(H,27,31). The molecule has 8 heteroatoms. The second-order valence-electron chi connectivity index (χ2n) is 8.02. The molecule has 0 spiro atoms. The highest BCUT2D eigenvalue weighted by molar-refractivity contribution is 7.99. The van der Waals surface area contributed by atoms with Crippen molar-refractivity contribution in [2.24, 2.45) is 0 Å². The maximum atomic E-state index is 12.5. The van der Waals surface area contributed by atoms with Crippen LogP contribution in [0.5, 0.6) is 5.75 Å². The summed E-state index contributed by atoms with van der Waals surface area (Å²) in [7, 11) is 0. The second kappa shape index (κ2) is 11.4. The molecular formula is C25H29ClN4O2S. The van der Waals surface area contributed by atoms with Gasteiger partial charge in [0.05, 0.1) is 5.75 Å². The molecule has 0 bridgehead atoms. The molecule has 0 radical (unpaired) electrons. The number of aromatic nitrogens is 3. The number of hydrogen-bond donors (Lipinski definition) is 1. The molecule has 0 aliphatic heterocycles. The van der Waals surface area contributed by atoms with E-state index < -0.39 is 0 Å². The van der Waals surface area contributed by atoms with Crippen LogP contribution < -0.4 is 10.1 Å². The first-order valence-electron chi connectivity index (χ1n) is 10.8. The molecular weight excluding hydrogens is 456 g/mol. The molecule has 3 rings (SSSR count). The molecule has 6 nitrogen and oxygen atoms in total. The summed E-state index contributed by atoms with van der Waals surface area (Å²) in [4.78, 5) is 12.5. The smallest absolute Gasteiger partial charge is 0.234 e. The van der Waals surface area contributed by atoms with Gasteiger partial charge in [-0.05, 0) is 61.2 Å². The molecule has 1 N–H and O–H groups in total. The number of nitrogens with zero attached hydrogens (tertiary/aromatic N) is 3. The van der Waals surface area contributed by atoms with Gasteiger partial charge in [0.25, 0.3) is 0 Å². The zero-order chi connectivity index (χ0) is 24.0. The zero-order valence-corrected chi connectivity index (χ0v) is 20.9. The molecule has 0 saturated heterocycles. The van der Waals surface area contributed by atoms with Gasteiger partial charge in [-0.25, -0.2) is 0 Å². The highest BCUT2D eigenvalue weighted by Crippen LogP contribution is 2.27. The van der Waals surface area contributed by atoms with Gasteiger partial charge in [-0.2, -0.15) is 0 Å². The molecule has 0 aliphatic carbocycles. The number of nitrogens with one attached hydrogen (secondary N) is 1. The maximum Gasteiger partial charge on any atom is 0.234 e. The van der Waals surface area contributed by atoms with Crippen molar-refractivity contribution in [1.82, 2.24) is 14.8 Å². The number of ether oxygens (including phenoxy) is 1. The Kier molecular flexibility index (Phi) is 8.58. The minimum Gasteiger partial charge on any atom is -0.483 e. The van der Waals surface area contributed by atoms with Crippen LogP contribution in [0.2, 0.25) is 5.02 Å². The Balaban J connectivity index is 1.65. The normalized spacial score (nSPS) is 11.9. The number of thioether (sulfide) groups is 1. The number of carbonyl (C=O) groups is 1. The quantitative estimate of drug-likeness (QED) is 0.265. The number of benzene rings is 2. The summed E-state index contributed by atoms with van der Waals surface area (Å²) >= 11 is 7.43. The lowest BCUT2D eigenvalue weighted by Gasteiger charge is -2.16. The van der Waals surface area contributed by atoms with Gasteiger partial charge in [-0.3, -0.25) is 9.36 Å². The minimum absolute atomic E-state index is 0.104. The summed E-state index contributed by atoms with van der Waals surface area (Å²) in [5.74, 6) is 1.93. The van der Waals surface area contributed by atoms with Gasteiger partial charge >= 0.3 is 0 Å². The maximum absolute atomic E-state index is 12.5. The summed E-state index contributed by atoms with van der Waals surface area (Å²) in [6.45, 7) is 12.5. The molecule has 1 aromatic heterocycles. The second-order valence-corrected chi connectivity index (χ2v) is 9.37. The SMILES string of the molecule is C=CCn1c(SCC(=O)Nc2ccc(C(C)C)cc2)nnc1C(C)Oc1ccc(Cl)c(C)c1. The zero-order valence-electron chi connectivity index (χ0n) is 19.3. The first kappa shape index (κ1) is 24.9. The third kappa shape index (κ3) is 6.62. The average Bonchev–Trinajstić information content (AvgIpc) is 3.18. The summed E-state index contributed by atoms with van der Waals surface area (Å²) in [5.41, 5.74) is 2.95. The highest BCUT2D eigenvalue weighted by Gasteiger charge is 2.20. The van der Waals surface area contributed by atoms with Crippen LogP contribution in [-0.4, -0.2) is 26.4 Å². The van der Waals surface area contributed by atoms with Crippen molar-refractivity contribution in [3.05, 3.63) is 77.1 Å². The number of allylic oxidation sites excluding steroid dienone is 1. The van der Waals surface area contributed by atoms with Crippen LogP contribution in [0.25, 0.3) is 0 Å². The van der Waals surface area contributed by atoms with Gasteiger partial charge in [0, 0.05) is 17.3 Å². The fraction of sp³-hybridized carbons (Fsp3) is 0.320. The van der Waals surface area contributed by atoms with Crippen LogP contribution in [-0.2, 0) is 11.3 Å². The van der Waals surface area contributed by atoms with Crippen LogP contribution >= 0.6 is 23.4 Å². The van der Waals surface area contributed by atoms with E-state index in [2.05, 4.69) is 35.9 Å². The van der Waals surface area contributed by atoms with E-state index >= 15 is 0 Å². The van der Waals surface area contributed by atoms with E-state index in [0.717, 1.165) is 11.3 Å². The topological polar surface area (TPSA) is 69.0 Å². The number of rotatable bonds is 10. The van der Waals surface area contributed by atoms with Crippen LogP contribution in [0, 0.1) is 6.92 Å². The number of carbonyl (C=O) groups excluding carboxylic acids is 1. The van der Waals surface area contributed by atoms with Crippen LogP contribution in [0.15, 0.2) is 60.3 Å². The van der Waals surface area contributed by atoms with Gasteiger partial charge in [0.2, 0.25) is 5.91 Å². The molecule has 2 aromatic carbocycles. The lowest BCUT2D eigenvalue weighted by atomic mass is 10.0. The Morgan fingerprint density at radius 2 is 1.94 bits per heavy atom. The fourth-order valence-corrected chi connectivity index (χ4v) is 4.11. The third-order valence-electron chi connectivity index (χ3n) is 5.06. The van der Waals surface area contributed by atoms with Crippen LogP contribution in [0.1, 0.15) is 49.7 Å². The van der Waals surface area contributed by atoms with E-state index in [-0.39, 0.29) is 17.8 Å². The van der Waals surface area contributed by atoms with E-state index in [4.69, 9.17) is 16.3 Å². The van der Waals surface area contributed by atoms with Gasteiger partial charge in [-0.15, -0.1) is 16.8 Å². The Labute approximate surface area is 204 Å². The molecule has 0 fully saturated rings. The highest BCUT2D eigenvalue weighted by atomic mass is 35.5. The van der Waals surface area contributed by atoms with E-state index in [1.54, 1.807) is 6.08 Å². The fourth-order valence-electron chi connectivity index (χ4n) is 3.23. The van der Waals surface area contributed by atoms with Crippen molar-refractivity contribution >= 4 is 35.0 Å². The first-order valence-corrected chi connectivity index (χ1v) is 12.1. The van der Waals surface area contributed by atoms with Crippen molar-refractivity contribution in [2.45, 2.75) is 51.4 Å². The Morgan fingerprint density at radius 3 is 2.58 bits per heavy atom. The van der Waals surface area contributed by atoms with Crippen LogP contribution in [0.4, 0.5) is 5.69 Å². The lowest BCUT2D eigenvalue weighted by Crippen LogP contribution is -2.15. The summed E-state index contributed by atoms with van der Waals surface area (Å²) < 4.78 is 7.98. The Bertz CT molecular complexity index is 1110. The molecule has 1 atom stereocenters. The largest absolute Gasteiger partial charge is 0.483 e. The summed E-state index contributed by atoms with van der Waals surface area (Å²) in [5, 5.41) is 12.9. The number of halogens is 1. The predicted molar refractivity (Wildman–Crippen MR) is 135 cm³/mol. The first-order chi connectivity index (χ1) is 15.8. The van der Waals surface area contributed by atoms with E-state index in [1.165, 1.54) is 17.3 Å². The van der Waals surface area contributed by atoms with E-state index in [0.29, 0.717) is 34.2 Å². The summed E-state index contributed by atoms with van der Waals surface area (Å²) in [6.07, 6.45) is 1.42. The van der Waals surface area contributed by atoms with Gasteiger partial charge < -0.3 is 10.1 Å². The monoisotopic (exact) mass is 484 g/mol. The average molecular weight is 485 g/mol. The Morgan fingerprint density at radius 1 is 1.21 bits per heavy atom. The third-order valence-corrected chi connectivity index (χ3v) is 6.45. The molecule has 33 heavy (non-hydrogen) atoms. The molecule has 174 valence electrons. The van der Waals surface area contributed by atoms with Crippen molar-refractivity contribution < 1.29 is 9.53 Å². The molecule has 0 aliphatic rings. The van der Waals surface area contributed by atoms with Gasteiger partial charge in [-0.1, -0.05) is 55.4 Å². The molecule has 1 amide bonds. The molecule has 1 heterocycles. The number of amides is 1. The minimum atomic E-state index is -0.347. The number of anilines is 1. The number of hydrogen-bond acceptors (Lipinski definition) is 5. The van der Waals surface area contributed by atoms with Crippen LogP contribution in [0.3, 0.4) is 0 Å². The van der Waals surface area contributed by atoms with Crippen molar-refractivity contribution in [2.75, 3.05) is 11.1 Å². The predicted octanol–water partition coefficient (Wildman–Crippen LogP) is 6.42. The molecule has 0 saturated carbocycles.